The Bertz CT molecular complexity index is 516. The lowest BCUT2D eigenvalue weighted by atomic mass is 9.99. The number of aryl methyl sites for hydroxylation is 2. The Labute approximate surface area is 130 Å². The first kappa shape index (κ1) is 17.6. The number of aliphatic carboxylic acids is 1. The number of hydrogen-bond donors (Lipinski definition) is 2. The number of thioether (sulfide) groups is 1. The average molecular weight is 309 g/mol. The molecule has 1 rings (SSSR count). The Hall–Kier alpha value is -1.49. The Balaban J connectivity index is 2.61. The fourth-order valence-corrected chi connectivity index (χ4v) is 2.84. The second-order valence-electron chi connectivity index (χ2n) is 5.33. The van der Waals surface area contributed by atoms with E-state index in [1.807, 2.05) is 45.9 Å². The van der Waals surface area contributed by atoms with E-state index in [1.54, 1.807) is 0 Å². The van der Waals surface area contributed by atoms with Gasteiger partial charge in [0.15, 0.2) is 0 Å². The molecule has 0 saturated heterocycles. The molecule has 0 aromatic heterocycles. The highest BCUT2D eigenvalue weighted by Gasteiger charge is 2.25. The van der Waals surface area contributed by atoms with Crippen molar-refractivity contribution in [2.75, 3.05) is 5.75 Å². The van der Waals surface area contributed by atoms with Crippen molar-refractivity contribution in [2.45, 2.75) is 45.1 Å². The van der Waals surface area contributed by atoms with Gasteiger partial charge in [0, 0.05) is 4.90 Å². The summed E-state index contributed by atoms with van der Waals surface area (Å²) in [6.45, 7) is 7.75. The number of rotatable bonds is 7. The van der Waals surface area contributed by atoms with Crippen LogP contribution in [0.15, 0.2) is 23.1 Å². The average Bonchev–Trinajstić information content (AvgIpc) is 2.44. The fraction of sp³-hybridized carbons (Fsp3) is 0.500. The maximum atomic E-state index is 12.0. The number of carbonyl (C=O) groups is 2. The minimum Gasteiger partial charge on any atom is -0.480 e. The van der Waals surface area contributed by atoms with E-state index in [4.69, 9.17) is 5.11 Å². The van der Waals surface area contributed by atoms with E-state index in [-0.39, 0.29) is 17.6 Å². The first-order valence-corrected chi connectivity index (χ1v) is 8.06. The molecule has 0 bridgehead atoms. The highest BCUT2D eigenvalue weighted by atomic mass is 32.2. The molecule has 0 aliphatic carbocycles. The Kier molecular flexibility index (Phi) is 6.75. The van der Waals surface area contributed by atoms with Crippen LogP contribution in [0.2, 0.25) is 0 Å². The van der Waals surface area contributed by atoms with Crippen molar-refractivity contribution in [2.24, 2.45) is 5.92 Å². The van der Waals surface area contributed by atoms with Gasteiger partial charge in [0.1, 0.15) is 6.04 Å². The highest BCUT2D eigenvalue weighted by molar-refractivity contribution is 8.00. The van der Waals surface area contributed by atoms with E-state index in [1.165, 1.54) is 11.8 Å². The van der Waals surface area contributed by atoms with E-state index in [0.717, 1.165) is 16.0 Å². The molecule has 5 heteroatoms. The Morgan fingerprint density at radius 1 is 1.33 bits per heavy atom. The fourth-order valence-electron chi connectivity index (χ4n) is 1.90. The SMILES string of the molecule is CCC(C)C(NC(=O)CSc1cc(C)ccc1C)C(=O)O. The maximum absolute atomic E-state index is 12.0. The van der Waals surface area contributed by atoms with Crippen molar-refractivity contribution in [1.82, 2.24) is 5.32 Å². The van der Waals surface area contributed by atoms with Gasteiger partial charge < -0.3 is 10.4 Å². The molecule has 2 unspecified atom stereocenters. The predicted molar refractivity (Wildman–Crippen MR) is 85.7 cm³/mol. The number of carbonyl (C=O) groups excluding carboxylic acids is 1. The van der Waals surface area contributed by atoms with Crippen LogP contribution in [0.5, 0.6) is 0 Å². The van der Waals surface area contributed by atoms with Gasteiger partial charge in [-0.25, -0.2) is 4.79 Å². The Morgan fingerprint density at radius 2 is 2.00 bits per heavy atom. The number of carboxylic acids is 1. The predicted octanol–water partition coefficient (Wildman–Crippen LogP) is 3.01. The second-order valence-corrected chi connectivity index (χ2v) is 6.34. The van der Waals surface area contributed by atoms with Crippen LogP contribution < -0.4 is 5.32 Å². The van der Waals surface area contributed by atoms with Crippen molar-refractivity contribution >= 4 is 23.6 Å². The van der Waals surface area contributed by atoms with Gasteiger partial charge in [-0.3, -0.25) is 4.79 Å². The molecule has 0 aliphatic heterocycles. The van der Waals surface area contributed by atoms with Crippen LogP contribution >= 0.6 is 11.8 Å². The standard InChI is InChI=1S/C16H23NO3S/c1-5-11(3)15(16(19)20)17-14(18)9-21-13-8-10(2)6-7-12(13)4/h6-8,11,15H,5,9H2,1-4H3,(H,17,18)(H,19,20). The van der Waals surface area contributed by atoms with Crippen LogP contribution in [0.25, 0.3) is 0 Å². The van der Waals surface area contributed by atoms with Crippen LogP contribution in [-0.2, 0) is 9.59 Å². The summed E-state index contributed by atoms with van der Waals surface area (Å²) in [6, 6.07) is 5.27. The number of amides is 1. The third kappa shape index (κ3) is 5.42. The van der Waals surface area contributed by atoms with Crippen molar-refractivity contribution in [3.05, 3.63) is 29.3 Å². The molecule has 0 radical (unpaired) electrons. The van der Waals surface area contributed by atoms with Gasteiger partial charge >= 0.3 is 5.97 Å². The van der Waals surface area contributed by atoms with E-state index >= 15 is 0 Å². The molecule has 2 N–H and O–H groups in total. The lowest BCUT2D eigenvalue weighted by molar-refractivity contribution is -0.143. The molecule has 21 heavy (non-hydrogen) atoms. The summed E-state index contributed by atoms with van der Waals surface area (Å²) in [5.74, 6) is -1.08. The summed E-state index contributed by atoms with van der Waals surface area (Å²) in [6.07, 6.45) is 0.710. The van der Waals surface area contributed by atoms with Crippen LogP contribution in [0.3, 0.4) is 0 Å². The summed E-state index contributed by atoms with van der Waals surface area (Å²) < 4.78 is 0. The van der Waals surface area contributed by atoms with Crippen molar-refractivity contribution in [3.63, 3.8) is 0 Å². The van der Waals surface area contributed by atoms with Gasteiger partial charge in [0.05, 0.1) is 5.75 Å². The van der Waals surface area contributed by atoms with E-state index < -0.39 is 12.0 Å². The molecule has 1 aromatic carbocycles. The summed E-state index contributed by atoms with van der Waals surface area (Å²) in [5.41, 5.74) is 2.27. The van der Waals surface area contributed by atoms with Crippen LogP contribution in [0.4, 0.5) is 0 Å². The Morgan fingerprint density at radius 3 is 2.57 bits per heavy atom. The summed E-state index contributed by atoms with van der Waals surface area (Å²) in [4.78, 5) is 24.2. The van der Waals surface area contributed by atoms with E-state index in [9.17, 15) is 9.59 Å². The largest absolute Gasteiger partial charge is 0.480 e. The van der Waals surface area contributed by atoms with Gasteiger partial charge in [-0.2, -0.15) is 0 Å². The van der Waals surface area contributed by atoms with Crippen molar-refractivity contribution < 1.29 is 14.7 Å². The molecule has 0 heterocycles. The molecular weight excluding hydrogens is 286 g/mol. The van der Waals surface area contributed by atoms with Crippen molar-refractivity contribution in [1.29, 1.82) is 0 Å². The first-order valence-electron chi connectivity index (χ1n) is 7.07. The molecule has 0 fully saturated rings. The number of hydrogen-bond acceptors (Lipinski definition) is 3. The maximum Gasteiger partial charge on any atom is 0.326 e. The first-order chi connectivity index (χ1) is 9.85. The zero-order valence-electron chi connectivity index (χ0n) is 13.0. The topological polar surface area (TPSA) is 66.4 Å². The molecule has 0 aliphatic rings. The molecule has 1 aromatic rings. The van der Waals surface area contributed by atoms with E-state index in [0.29, 0.717) is 6.42 Å². The van der Waals surface area contributed by atoms with Crippen LogP contribution in [-0.4, -0.2) is 28.8 Å². The smallest absolute Gasteiger partial charge is 0.326 e. The third-order valence-corrected chi connectivity index (χ3v) is 4.66. The van der Waals surface area contributed by atoms with Crippen LogP contribution in [0.1, 0.15) is 31.4 Å². The molecule has 4 nitrogen and oxygen atoms in total. The molecule has 0 saturated carbocycles. The number of carboxylic acid groups (broad SMARTS) is 1. The van der Waals surface area contributed by atoms with Gasteiger partial charge in [0.25, 0.3) is 0 Å². The zero-order chi connectivity index (χ0) is 16.0. The molecule has 116 valence electrons. The highest BCUT2D eigenvalue weighted by Crippen LogP contribution is 2.23. The lowest BCUT2D eigenvalue weighted by Crippen LogP contribution is -2.45. The molecule has 0 spiro atoms. The summed E-state index contributed by atoms with van der Waals surface area (Å²) in [5, 5.41) is 11.8. The minimum atomic E-state index is -0.977. The van der Waals surface area contributed by atoms with Crippen molar-refractivity contribution in [3.8, 4) is 0 Å². The second kappa shape index (κ2) is 8.08. The van der Waals surface area contributed by atoms with Gasteiger partial charge in [-0.05, 0) is 31.4 Å². The van der Waals surface area contributed by atoms with Gasteiger partial charge in [0.2, 0.25) is 5.91 Å². The number of nitrogens with one attached hydrogen (secondary N) is 1. The summed E-state index contributed by atoms with van der Waals surface area (Å²) >= 11 is 1.44. The normalized spacial score (nSPS) is 13.5. The minimum absolute atomic E-state index is 0.0860. The zero-order valence-corrected chi connectivity index (χ0v) is 13.8. The molecule has 2 atom stereocenters. The monoisotopic (exact) mass is 309 g/mol. The summed E-state index contributed by atoms with van der Waals surface area (Å²) in [7, 11) is 0. The molecule has 1 amide bonds. The number of benzene rings is 1. The lowest BCUT2D eigenvalue weighted by Gasteiger charge is -2.20. The van der Waals surface area contributed by atoms with Crippen LogP contribution in [0, 0.1) is 19.8 Å². The molecular formula is C16H23NO3S. The quantitative estimate of drug-likeness (QED) is 0.760. The third-order valence-electron chi connectivity index (χ3n) is 3.50. The van der Waals surface area contributed by atoms with Gasteiger partial charge in [-0.15, -0.1) is 11.8 Å². The van der Waals surface area contributed by atoms with Gasteiger partial charge in [-0.1, -0.05) is 38.0 Å². The van der Waals surface area contributed by atoms with E-state index in [2.05, 4.69) is 5.32 Å².